The van der Waals surface area contributed by atoms with Crippen LogP contribution in [-0.2, 0) is 27.8 Å². The number of hydrogen-bond acceptors (Lipinski definition) is 4. The van der Waals surface area contributed by atoms with E-state index < -0.39 is 16.1 Å². The van der Waals surface area contributed by atoms with Crippen molar-refractivity contribution in [3.63, 3.8) is 0 Å². The van der Waals surface area contributed by atoms with E-state index in [9.17, 15) is 13.2 Å². The number of sulfonamides is 1. The van der Waals surface area contributed by atoms with Crippen LogP contribution >= 0.6 is 0 Å². The Kier molecular flexibility index (Phi) is 7.54. The highest BCUT2D eigenvalue weighted by molar-refractivity contribution is 7.89. The standard InChI is InChI=1S/C26H29N3O3S/c30-26(29-18-16-28(17-19-29)21-23-12-6-2-7-13-23)25(20-22-10-4-1-5-11-22)27-33(31,32)24-14-8-3-9-15-24/h1-15,25,27H,16-21H2/t25-/m1/s1. The van der Waals surface area contributed by atoms with Crippen molar-refractivity contribution in [3.8, 4) is 0 Å². The summed E-state index contributed by atoms with van der Waals surface area (Å²) < 4.78 is 28.6. The minimum Gasteiger partial charge on any atom is -0.339 e. The maximum atomic E-state index is 13.5. The molecule has 0 aromatic heterocycles. The Labute approximate surface area is 195 Å². The normalized spacial score (nSPS) is 15.8. The Balaban J connectivity index is 1.45. The summed E-state index contributed by atoms with van der Waals surface area (Å²) >= 11 is 0. The van der Waals surface area contributed by atoms with Gasteiger partial charge in [-0.2, -0.15) is 4.72 Å². The lowest BCUT2D eigenvalue weighted by molar-refractivity contribution is -0.134. The molecule has 33 heavy (non-hydrogen) atoms. The van der Waals surface area contributed by atoms with Gasteiger partial charge < -0.3 is 4.90 Å². The molecule has 1 fully saturated rings. The van der Waals surface area contributed by atoms with Gasteiger partial charge in [-0.1, -0.05) is 78.9 Å². The molecule has 1 N–H and O–H groups in total. The van der Waals surface area contributed by atoms with Crippen LogP contribution in [0.15, 0.2) is 95.9 Å². The minimum absolute atomic E-state index is 0.156. The Morgan fingerprint density at radius 2 is 1.27 bits per heavy atom. The lowest BCUT2D eigenvalue weighted by Crippen LogP contribution is -2.55. The lowest BCUT2D eigenvalue weighted by Gasteiger charge is -2.36. The number of rotatable bonds is 8. The molecule has 3 aromatic rings. The summed E-state index contributed by atoms with van der Waals surface area (Å²) in [5.41, 5.74) is 2.16. The third-order valence-electron chi connectivity index (χ3n) is 5.86. The third-order valence-corrected chi connectivity index (χ3v) is 7.35. The van der Waals surface area contributed by atoms with Gasteiger partial charge in [0.25, 0.3) is 0 Å². The molecule has 1 amide bonds. The van der Waals surface area contributed by atoms with Gasteiger partial charge in [0.15, 0.2) is 0 Å². The summed E-state index contributed by atoms with van der Waals surface area (Å²) in [4.78, 5) is 17.7. The molecule has 1 aliphatic heterocycles. The number of carbonyl (C=O) groups is 1. The van der Waals surface area contributed by atoms with Crippen LogP contribution in [0.2, 0.25) is 0 Å². The zero-order valence-electron chi connectivity index (χ0n) is 18.5. The van der Waals surface area contributed by atoms with Crippen LogP contribution in [0.5, 0.6) is 0 Å². The molecule has 1 atom stereocenters. The molecule has 1 saturated heterocycles. The van der Waals surface area contributed by atoms with Crippen molar-refractivity contribution < 1.29 is 13.2 Å². The number of nitrogens with zero attached hydrogens (tertiary/aromatic N) is 2. The molecular formula is C26H29N3O3S. The molecule has 1 aliphatic rings. The Morgan fingerprint density at radius 3 is 1.85 bits per heavy atom. The average molecular weight is 464 g/mol. The van der Waals surface area contributed by atoms with Crippen molar-refractivity contribution in [3.05, 3.63) is 102 Å². The predicted octanol–water partition coefficient (Wildman–Crippen LogP) is 2.92. The van der Waals surface area contributed by atoms with E-state index in [4.69, 9.17) is 0 Å². The molecule has 0 unspecified atom stereocenters. The van der Waals surface area contributed by atoms with Gasteiger partial charge >= 0.3 is 0 Å². The van der Waals surface area contributed by atoms with Gasteiger partial charge in [0, 0.05) is 32.7 Å². The zero-order valence-corrected chi connectivity index (χ0v) is 19.3. The van der Waals surface area contributed by atoms with Crippen LogP contribution in [-0.4, -0.2) is 56.3 Å². The third kappa shape index (κ3) is 6.28. The van der Waals surface area contributed by atoms with E-state index >= 15 is 0 Å². The summed E-state index contributed by atoms with van der Waals surface area (Å²) in [5, 5.41) is 0. The van der Waals surface area contributed by atoms with E-state index in [1.807, 2.05) is 48.5 Å². The van der Waals surface area contributed by atoms with Gasteiger partial charge in [-0.15, -0.1) is 0 Å². The summed E-state index contributed by atoms with van der Waals surface area (Å²) in [6, 6.07) is 27.1. The SMILES string of the molecule is O=C([C@@H](Cc1ccccc1)NS(=O)(=O)c1ccccc1)N1CCN(Cc2ccccc2)CC1. The second-order valence-electron chi connectivity index (χ2n) is 8.26. The van der Waals surface area contributed by atoms with E-state index in [0.29, 0.717) is 19.5 Å². The summed E-state index contributed by atoms with van der Waals surface area (Å²) in [6.07, 6.45) is 0.302. The molecule has 0 radical (unpaired) electrons. The fourth-order valence-electron chi connectivity index (χ4n) is 4.07. The average Bonchev–Trinajstić information content (AvgIpc) is 2.85. The number of carbonyl (C=O) groups excluding carboxylic acids is 1. The van der Waals surface area contributed by atoms with Crippen LogP contribution in [0.1, 0.15) is 11.1 Å². The summed E-state index contributed by atoms with van der Waals surface area (Å²) in [5.74, 6) is -0.183. The molecule has 0 bridgehead atoms. The molecule has 3 aromatic carbocycles. The molecule has 7 heteroatoms. The molecule has 1 heterocycles. The van der Waals surface area contributed by atoms with Crippen molar-refractivity contribution >= 4 is 15.9 Å². The number of amides is 1. The number of benzene rings is 3. The lowest BCUT2D eigenvalue weighted by atomic mass is 10.1. The van der Waals surface area contributed by atoms with Gasteiger partial charge in [0.05, 0.1) is 4.90 Å². The second kappa shape index (κ2) is 10.7. The van der Waals surface area contributed by atoms with Gasteiger partial charge in [-0.3, -0.25) is 9.69 Å². The van der Waals surface area contributed by atoms with Gasteiger partial charge in [-0.25, -0.2) is 8.42 Å². The molecule has 6 nitrogen and oxygen atoms in total. The van der Waals surface area contributed by atoms with Crippen LogP contribution in [0, 0.1) is 0 Å². The number of nitrogens with one attached hydrogen (secondary N) is 1. The van der Waals surface area contributed by atoms with Crippen LogP contribution in [0.4, 0.5) is 0 Å². The molecule has 172 valence electrons. The summed E-state index contributed by atoms with van der Waals surface area (Å²) in [7, 11) is -3.82. The van der Waals surface area contributed by atoms with E-state index in [-0.39, 0.29) is 10.8 Å². The molecule has 0 spiro atoms. The van der Waals surface area contributed by atoms with E-state index in [2.05, 4.69) is 21.8 Å². The van der Waals surface area contributed by atoms with Crippen LogP contribution in [0.25, 0.3) is 0 Å². The van der Waals surface area contributed by atoms with Gasteiger partial charge in [0.2, 0.25) is 15.9 Å². The number of hydrogen-bond donors (Lipinski definition) is 1. The van der Waals surface area contributed by atoms with E-state index in [1.165, 1.54) is 17.7 Å². The quantitative estimate of drug-likeness (QED) is 0.558. The molecule has 0 aliphatic carbocycles. The first-order valence-corrected chi connectivity index (χ1v) is 12.7. The fourth-order valence-corrected chi connectivity index (χ4v) is 5.28. The van der Waals surface area contributed by atoms with Crippen molar-refractivity contribution in [2.45, 2.75) is 23.9 Å². The fraction of sp³-hybridized carbons (Fsp3) is 0.269. The topological polar surface area (TPSA) is 69.7 Å². The monoisotopic (exact) mass is 463 g/mol. The highest BCUT2D eigenvalue weighted by Gasteiger charge is 2.31. The zero-order chi connectivity index (χ0) is 23.1. The Hall–Kier alpha value is -3.00. The summed E-state index contributed by atoms with van der Waals surface area (Å²) in [6.45, 7) is 3.50. The van der Waals surface area contributed by atoms with Crippen molar-refractivity contribution in [2.24, 2.45) is 0 Å². The van der Waals surface area contributed by atoms with Gasteiger partial charge in [-0.05, 0) is 29.7 Å². The highest BCUT2D eigenvalue weighted by Crippen LogP contribution is 2.15. The maximum Gasteiger partial charge on any atom is 0.241 e. The Bertz CT molecular complexity index is 1130. The first-order valence-electron chi connectivity index (χ1n) is 11.2. The van der Waals surface area contributed by atoms with Crippen LogP contribution < -0.4 is 4.72 Å². The molecular weight excluding hydrogens is 434 g/mol. The smallest absolute Gasteiger partial charge is 0.241 e. The van der Waals surface area contributed by atoms with Crippen molar-refractivity contribution in [2.75, 3.05) is 26.2 Å². The Morgan fingerprint density at radius 1 is 0.758 bits per heavy atom. The van der Waals surface area contributed by atoms with Crippen molar-refractivity contribution in [1.82, 2.24) is 14.5 Å². The minimum atomic E-state index is -3.82. The largest absolute Gasteiger partial charge is 0.339 e. The van der Waals surface area contributed by atoms with E-state index in [1.54, 1.807) is 23.1 Å². The second-order valence-corrected chi connectivity index (χ2v) is 9.98. The maximum absolute atomic E-state index is 13.5. The first-order chi connectivity index (χ1) is 16.0. The van der Waals surface area contributed by atoms with Gasteiger partial charge in [0.1, 0.15) is 6.04 Å². The molecule has 0 saturated carbocycles. The van der Waals surface area contributed by atoms with E-state index in [0.717, 1.165) is 25.2 Å². The first kappa shape index (κ1) is 23.2. The van der Waals surface area contributed by atoms with Crippen molar-refractivity contribution in [1.29, 1.82) is 0 Å². The highest BCUT2D eigenvalue weighted by atomic mass is 32.2. The van der Waals surface area contributed by atoms with Crippen LogP contribution in [0.3, 0.4) is 0 Å². The number of piperazine rings is 1. The molecule has 4 rings (SSSR count). The predicted molar refractivity (Wildman–Crippen MR) is 129 cm³/mol.